The summed E-state index contributed by atoms with van der Waals surface area (Å²) < 4.78 is 6.62. The van der Waals surface area contributed by atoms with Gasteiger partial charge in [-0.1, -0.05) is 13.0 Å². The van der Waals surface area contributed by atoms with E-state index >= 15 is 0 Å². The molecule has 0 atom stereocenters. The number of carbonyl (C=O) groups excluding carboxylic acids is 1. The van der Waals surface area contributed by atoms with Crippen molar-refractivity contribution >= 4 is 11.5 Å². The molecule has 0 spiro atoms. The van der Waals surface area contributed by atoms with Crippen molar-refractivity contribution in [2.75, 3.05) is 7.11 Å². The van der Waals surface area contributed by atoms with Crippen molar-refractivity contribution in [3.8, 4) is 0 Å². The van der Waals surface area contributed by atoms with Crippen LogP contribution in [0.25, 0.3) is 5.52 Å². The maximum atomic E-state index is 11.6. The number of esters is 1. The van der Waals surface area contributed by atoms with Gasteiger partial charge in [0.05, 0.1) is 18.8 Å². The van der Waals surface area contributed by atoms with Crippen LogP contribution in [0.3, 0.4) is 0 Å². The molecule has 0 N–H and O–H groups in total. The Hall–Kier alpha value is -1.84. The van der Waals surface area contributed by atoms with E-state index in [9.17, 15) is 4.79 Å². The van der Waals surface area contributed by atoms with E-state index < -0.39 is 0 Å². The second-order valence-electron chi connectivity index (χ2n) is 3.59. The average molecular weight is 218 g/mol. The summed E-state index contributed by atoms with van der Waals surface area (Å²) in [4.78, 5) is 15.9. The number of imidazole rings is 1. The first-order valence-electron chi connectivity index (χ1n) is 5.31. The van der Waals surface area contributed by atoms with Crippen molar-refractivity contribution in [1.29, 1.82) is 0 Å². The van der Waals surface area contributed by atoms with Crippen molar-refractivity contribution < 1.29 is 9.53 Å². The standard InChI is InChI=1S/C12H14N2O2/c1-3-5-11-13-8-9-6-4-7-10(14(9)11)12(15)16-2/h4,6-8H,3,5H2,1-2H3. The number of methoxy groups -OCH3 is 1. The lowest BCUT2D eigenvalue weighted by Gasteiger charge is -2.06. The molecule has 2 aromatic heterocycles. The first-order chi connectivity index (χ1) is 7.77. The molecule has 2 rings (SSSR count). The Labute approximate surface area is 93.9 Å². The Bertz CT molecular complexity index is 517. The van der Waals surface area contributed by atoms with Gasteiger partial charge in [-0.3, -0.25) is 4.40 Å². The first-order valence-corrected chi connectivity index (χ1v) is 5.31. The minimum atomic E-state index is -0.332. The number of aromatic nitrogens is 2. The van der Waals surface area contributed by atoms with Crippen LogP contribution in [0.1, 0.15) is 29.7 Å². The van der Waals surface area contributed by atoms with E-state index in [0.717, 1.165) is 24.2 Å². The van der Waals surface area contributed by atoms with E-state index in [4.69, 9.17) is 4.74 Å². The van der Waals surface area contributed by atoms with Crippen LogP contribution in [0.15, 0.2) is 24.4 Å². The lowest BCUT2D eigenvalue weighted by molar-refractivity contribution is 0.0592. The second-order valence-corrected chi connectivity index (χ2v) is 3.59. The summed E-state index contributed by atoms with van der Waals surface area (Å²) in [6, 6.07) is 5.51. The molecule has 0 aliphatic rings. The fourth-order valence-corrected chi connectivity index (χ4v) is 1.78. The zero-order valence-electron chi connectivity index (χ0n) is 9.43. The summed E-state index contributed by atoms with van der Waals surface area (Å²) in [7, 11) is 1.39. The third-order valence-corrected chi connectivity index (χ3v) is 2.49. The minimum absolute atomic E-state index is 0.332. The Morgan fingerprint density at radius 3 is 3.00 bits per heavy atom. The number of carbonyl (C=O) groups is 1. The molecule has 16 heavy (non-hydrogen) atoms. The van der Waals surface area contributed by atoms with E-state index in [1.165, 1.54) is 7.11 Å². The van der Waals surface area contributed by atoms with Crippen molar-refractivity contribution in [2.24, 2.45) is 0 Å². The lowest BCUT2D eigenvalue weighted by Crippen LogP contribution is -2.09. The predicted molar refractivity (Wildman–Crippen MR) is 60.5 cm³/mol. The van der Waals surface area contributed by atoms with E-state index in [1.54, 1.807) is 12.3 Å². The zero-order chi connectivity index (χ0) is 11.5. The van der Waals surface area contributed by atoms with E-state index in [2.05, 4.69) is 11.9 Å². The molecule has 0 aliphatic heterocycles. The number of hydrogen-bond donors (Lipinski definition) is 0. The van der Waals surface area contributed by atoms with Crippen LogP contribution < -0.4 is 0 Å². The van der Waals surface area contributed by atoms with Crippen LogP contribution >= 0.6 is 0 Å². The SMILES string of the molecule is CCCc1ncc2cccc(C(=O)OC)n12. The summed E-state index contributed by atoms with van der Waals surface area (Å²) in [5, 5.41) is 0. The summed E-state index contributed by atoms with van der Waals surface area (Å²) >= 11 is 0. The zero-order valence-corrected chi connectivity index (χ0v) is 9.43. The van der Waals surface area contributed by atoms with Crippen LogP contribution in [0.5, 0.6) is 0 Å². The maximum Gasteiger partial charge on any atom is 0.355 e. The summed E-state index contributed by atoms with van der Waals surface area (Å²) in [5.74, 6) is 0.569. The molecule has 0 amide bonds. The maximum absolute atomic E-state index is 11.6. The largest absolute Gasteiger partial charge is 0.464 e. The second kappa shape index (κ2) is 4.35. The molecule has 0 aromatic carbocycles. The normalized spacial score (nSPS) is 10.6. The number of rotatable bonds is 3. The van der Waals surface area contributed by atoms with Crippen molar-refractivity contribution in [1.82, 2.24) is 9.38 Å². The van der Waals surface area contributed by atoms with Gasteiger partial charge >= 0.3 is 5.97 Å². The highest BCUT2D eigenvalue weighted by Gasteiger charge is 2.13. The molecule has 0 saturated carbocycles. The van der Waals surface area contributed by atoms with E-state index in [0.29, 0.717) is 5.69 Å². The molecule has 4 heteroatoms. The molecule has 2 aromatic rings. The van der Waals surface area contributed by atoms with Crippen LogP contribution in [-0.2, 0) is 11.2 Å². The molecule has 0 aliphatic carbocycles. The summed E-state index contributed by atoms with van der Waals surface area (Å²) in [6.45, 7) is 2.09. The highest BCUT2D eigenvalue weighted by Crippen LogP contribution is 2.13. The minimum Gasteiger partial charge on any atom is -0.464 e. The van der Waals surface area contributed by atoms with Gasteiger partial charge in [-0.05, 0) is 18.6 Å². The molecule has 4 nitrogen and oxygen atoms in total. The number of aryl methyl sites for hydroxylation is 1. The molecule has 0 radical (unpaired) electrons. The third-order valence-electron chi connectivity index (χ3n) is 2.49. The van der Waals surface area contributed by atoms with Gasteiger partial charge in [0.15, 0.2) is 0 Å². The van der Waals surface area contributed by atoms with Crippen molar-refractivity contribution in [3.05, 3.63) is 35.9 Å². The predicted octanol–water partition coefficient (Wildman–Crippen LogP) is 2.07. The van der Waals surface area contributed by atoms with Gasteiger partial charge in [0.1, 0.15) is 11.5 Å². The fourth-order valence-electron chi connectivity index (χ4n) is 1.78. The van der Waals surface area contributed by atoms with Crippen molar-refractivity contribution in [2.45, 2.75) is 19.8 Å². The number of hydrogen-bond acceptors (Lipinski definition) is 3. The first kappa shape index (κ1) is 10.7. The number of nitrogens with zero attached hydrogens (tertiary/aromatic N) is 2. The Morgan fingerprint density at radius 1 is 1.50 bits per heavy atom. The molecular formula is C12H14N2O2. The smallest absolute Gasteiger partial charge is 0.355 e. The van der Waals surface area contributed by atoms with Crippen LogP contribution in [0.4, 0.5) is 0 Å². The van der Waals surface area contributed by atoms with Gasteiger partial charge < -0.3 is 4.74 Å². The van der Waals surface area contributed by atoms with Gasteiger partial charge in [0.2, 0.25) is 0 Å². The van der Waals surface area contributed by atoms with Crippen molar-refractivity contribution in [3.63, 3.8) is 0 Å². The van der Waals surface area contributed by atoms with E-state index in [1.807, 2.05) is 16.5 Å². The van der Waals surface area contributed by atoms with Gasteiger partial charge in [-0.25, -0.2) is 9.78 Å². The highest BCUT2D eigenvalue weighted by molar-refractivity contribution is 5.88. The van der Waals surface area contributed by atoms with Gasteiger partial charge in [-0.15, -0.1) is 0 Å². The monoisotopic (exact) mass is 218 g/mol. The van der Waals surface area contributed by atoms with Gasteiger partial charge in [0.25, 0.3) is 0 Å². The Morgan fingerprint density at radius 2 is 2.31 bits per heavy atom. The van der Waals surface area contributed by atoms with Crippen LogP contribution in [0, 0.1) is 0 Å². The molecular weight excluding hydrogens is 204 g/mol. The number of ether oxygens (including phenoxy) is 1. The fraction of sp³-hybridized carbons (Fsp3) is 0.333. The molecule has 2 heterocycles. The molecule has 0 fully saturated rings. The van der Waals surface area contributed by atoms with Crippen LogP contribution in [0.2, 0.25) is 0 Å². The highest BCUT2D eigenvalue weighted by atomic mass is 16.5. The number of fused-ring (bicyclic) bond motifs is 1. The van der Waals surface area contributed by atoms with E-state index in [-0.39, 0.29) is 5.97 Å². The van der Waals surface area contributed by atoms with Crippen LogP contribution in [-0.4, -0.2) is 22.5 Å². The summed E-state index contributed by atoms with van der Waals surface area (Å²) in [6.07, 6.45) is 3.62. The Balaban J connectivity index is 2.63. The topological polar surface area (TPSA) is 43.6 Å². The average Bonchev–Trinajstić information content (AvgIpc) is 2.72. The van der Waals surface area contributed by atoms with Gasteiger partial charge in [-0.2, -0.15) is 0 Å². The quantitative estimate of drug-likeness (QED) is 0.741. The molecule has 0 saturated heterocycles. The lowest BCUT2D eigenvalue weighted by atomic mass is 10.3. The Kier molecular flexibility index (Phi) is 2.90. The summed E-state index contributed by atoms with van der Waals surface area (Å²) in [5.41, 5.74) is 1.45. The molecule has 0 bridgehead atoms. The molecule has 0 unspecified atom stereocenters. The third kappa shape index (κ3) is 1.66. The molecule has 84 valence electrons. The number of pyridine rings is 1. The van der Waals surface area contributed by atoms with Gasteiger partial charge in [0, 0.05) is 6.42 Å².